The standard InChI is InChI=1S/C36H46BNSi/c1-12-25(4)32-21-33(38-22-34(32)39(9,10)11)30-14-13-15-31(20-30)37(35-26(5)16-23(2)17-27(35)6)36-28(7)18-24(3)19-29(36)8/h13-22,25H,12H2,1-11H3. The lowest BCUT2D eigenvalue weighted by molar-refractivity contribution is 0.736. The van der Waals surface area contributed by atoms with Crippen molar-refractivity contribution in [3.8, 4) is 11.3 Å². The van der Waals surface area contributed by atoms with Crippen molar-refractivity contribution in [2.45, 2.75) is 87.4 Å². The Morgan fingerprint density at radius 1 is 0.744 bits per heavy atom. The molecule has 3 aromatic carbocycles. The summed E-state index contributed by atoms with van der Waals surface area (Å²) in [6, 6.07) is 20.9. The van der Waals surface area contributed by atoms with Gasteiger partial charge in [0.1, 0.15) is 0 Å². The Morgan fingerprint density at radius 3 is 1.72 bits per heavy atom. The van der Waals surface area contributed by atoms with E-state index < -0.39 is 8.07 Å². The molecule has 0 aliphatic carbocycles. The van der Waals surface area contributed by atoms with Crippen LogP contribution in [-0.4, -0.2) is 19.8 Å². The summed E-state index contributed by atoms with van der Waals surface area (Å²) in [5.74, 6) is 0.528. The zero-order valence-corrected chi connectivity index (χ0v) is 27.1. The minimum atomic E-state index is -1.49. The molecule has 0 fully saturated rings. The van der Waals surface area contributed by atoms with E-state index in [1.807, 2.05) is 0 Å². The van der Waals surface area contributed by atoms with Gasteiger partial charge in [0.15, 0.2) is 0 Å². The van der Waals surface area contributed by atoms with Gasteiger partial charge in [-0.05, 0) is 76.3 Å². The van der Waals surface area contributed by atoms with Crippen LogP contribution in [0.25, 0.3) is 11.3 Å². The van der Waals surface area contributed by atoms with E-state index in [1.165, 1.54) is 66.1 Å². The molecule has 0 saturated carbocycles. The fraction of sp³-hybridized carbons (Fsp3) is 0.361. The van der Waals surface area contributed by atoms with E-state index in [4.69, 9.17) is 4.98 Å². The number of aryl methyl sites for hydroxylation is 6. The van der Waals surface area contributed by atoms with Crippen LogP contribution in [0.5, 0.6) is 0 Å². The van der Waals surface area contributed by atoms with Gasteiger partial charge in [0.05, 0.1) is 13.8 Å². The van der Waals surface area contributed by atoms with Crippen LogP contribution >= 0.6 is 0 Å². The molecule has 4 aromatic rings. The summed E-state index contributed by atoms with van der Waals surface area (Å²) >= 11 is 0. The van der Waals surface area contributed by atoms with Crippen LogP contribution in [0.4, 0.5) is 0 Å². The Bertz CT molecular complexity index is 1410. The molecule has 39 heavy (non-hydrogen) atoms. The molecule has 0 spiro atoms. The van der Waals surface area contributed by atoms with E-state index in [0.717, 1.165) is 12.1 Å². The number of hydrogen-bond acceptors (Lipinski definition) is 1. The lowest BCUT2D eigenvalue weighted by Crippen LogP contribution is -2.55. The molecule has 1 nitrogen and oxygen atoms in total. The van der Waals surface area contributed by atoms with Crippen molar-refractivity contribution in [1.82, 2.24) is 4.98 Å². The summed E-state index contributed by atoms with van der Waals surface area (Å²) in [5.41, 5.74) is 16.0. The molecule has 0 amide bonds. The topological polar surface area (TPSA) is 12.9 Å². The van der Waals surface area contributed by atoms with Gasteiger partial charge in [-0.15, -0.1) is 0 Å². The fourth-order valence-electron chi connectivity index (χ4n) is 6.53. The molecule has 1 heterocycles. The second kappa shape index (κ2) is 11.3. The predicted octanol–water partition coefficient (Wildman–Crippen LogP) is 7.17. The first kappa shape index (κ1) is 29.1. The third-order valence-corrected chi connectivity index (χ3v) is 10.5. The molecule has 4 rings (SSSR count). The average Bonchev–Trinajstić information content (AvgIpc) is 2.85. The van der Waals surface area contributed by atoms with E-state index in [1.54, 1.807) is 0 Å². The van der Waals surface area contributed by atoms with Crippen LogP contribution in [0.15, 0.2) is 60.8 Å². The Morgan fingerprint density at radius 2 is 1.26 bits per heavy atom. The van der Waals surface area contributed by atoms with Crippen LogP contribution in [0.1, 0.15) is 65.1 Å². The molecular formula is C36H46BNSi. The van der Waals surface area contributed by atoms with Crippen LogP contribution < -0.4 is 21.6 Å². The fourth-order valence-corrected chi connectivity index (χ4v) is 8.17. The van der Waals surface area contributed by atoms with Crippen molar-refractivity contribution in [3.05, 3.63) is 99.7 Å². The summed E-state index contributed by atoms with van der Waals surface area (Å²) in [5, 5.41) is 1.49. The Hall–Kier alpha value is -2.91. The maximum absolute atomic E-state index is 5.07. The zero-order valence-electron chi connectivity index (χ0n) is 26.1. The minimum absolute atomic E-state index is 0.168. The summed E-state index contributed by atoms with van der Waals surface area (Å²) in [7, 11) is -1.49. The van der Waals surface area contributed by atoms with E-state index in [0.29, 0.717) is 5.92 Å². The number of benzene rings is 3. The largest absolute Gasteiger partial charge is 0.256 e. The van der Waals surface area contributed by atoms with E-state index in [9.17, 15) is 0 Å². The summed E-state index contributed by atoms with van der Waals surface area (Å²) in [6.07, 6.45) is 3.33. The number of rotatable bonds is 7. The first-order valence-corrected chi connectivity index (χ1v) is 18.1. The van der Waals surface area contributed by atoms with Gasteiger partial charge in [0.2, 0.25) is 6.71 Å². The van der Waals surface area contributed by atoms with Crippen molar-refractivity contribution >= 4 is 36.4 Å². The highest BCUT2D eigenvalue weighted by Crippen LogP contribution is 2.25. The van der Waals surface area contributed by atoms with Crippen LogP contribution in [0, 0.1) is 41.5 Å². The van der Waals surface area contributed by atoms with Gasteiger partial charge in [-0.1, -0.05) is 132 Å². The van der Waals surface area contributed by atoms with Gasteiger partial charge in [0.25, 0.3) is 0 Å². The third kappa shape index (κ3) is 5.99. The molecule has 1 aromatic heterocycles. The number of aromatic nitrogens is 1. The maximum Gasteiger partial charge on any atom is 0.242 e. The smallest absolute Gasteiger partial charge is 0.242 e. The molecule has 0 radical (unpaired) electrons. The monoisotopic (exact) mass is 531 g/mol. The Balaban J connectivity index is 1.96. The van der Waals surface area contributed by atoms with Gasteiger partial charge < -0.3 is 0 Å². The van der Waals surface area contributed by atoms with Gasteiger partial charge in [-0.25, -0.2) is 0 Å². The minimum Gasteiger partial charge on any atom is -0.256 e. The predicted molar refractivity (Wildman–Crippen MR) is 177 cm³/mol. The SMILES string of the molecule is CCC(C)c1cc(-c2cccc(B(c3c(C)cc(C)cc3C)c3c(C)cc(C)cc3C)c2)ncc1[Si](C)(C)C. The van der Waals surface area contributed by atoms with E-state index >= 15 is 0 Å². The van der Waals surface area contributed by atoms with Crippen molar-refractivity contribution in [1.29, 1.82) is 0 Å². The highest BCUT2D eigenvalue weighted by molar-refractivity contribution is 6.96. The number of pyridine rings is 1. The van der Waals surface area contributed by atoms with Gasteiger partial charge >= 0.3 is 0 Å². The van der Waals surface area contributed by atoms with Crippen LogP contribution in [0.3, 0.4) is 0 Å². The lowest BCUT2D eigenvalue weighted by Gasteiger charge is -2.26. The van der Waals surface area contributed by atoms with Crippen LogP contribution in [-0.2, 0) is 0 Å². The van der Waals surface area contributed by atoms with Crippen molar-refractivity contribution in [3.63, 3.8) is 0 Å². The van der Waals surface area contributed by atoms with Crippen LogP contribution in [0.2, 0.25) is 19.6 Å². The van der Waals surface area contributed by atoms with Gasteiger partial charge in [-0.3, -0.25) is 4.98 Å². The highest BCUT2D eigenvalue weighted by Gasteiger charge is 2.29. The first-order valence-electron chi connectivity index (χ1n) is 14.6. The average molecular weight is 532 g/mol. The summed E-state index contributed by atoms with van der Waals surface area (Å²) in [4.78, 5) is 5.07. The van der Waals surface area contributed by atoms with Gasteiger partial charge in [0, 0.05) is 6.20 Å². The molecule has 0 bridgehead atoms. The molecule has 1 atom stereocenters. The first-order chi connectivity index (χ1) is 18.3. The van der Waals surface area contributed by atoms with Crippen molar-refractivity contribution < 1.29 is 0 Å². The quantitative estimate of drug-likeness (QED) is 0.230. The van der Waals surface area contributed by atoms with E-state index in [2.05, 4.69) is 136 Å². The number of hydrogen-bond donors (Lipinski definition) is 0. The van der Waals surface area contributed by atoms with Crippen molar-refractivity contribution in [2.24, 2.45) is 0 Å². The molecule has 0 aliphatic rings. The molecule has 0 saturated heterocycles. The second-order valence-electron chi connectivity index (χ2n) is 12.9. The highest BCUT2D eigenvalue weighted by atomic mass is 28.3. The molecule has 0 N–H and O–H groups in total. The third-order valence-electron chi connectivity index (χ3n) is 8.46. The molecule has 202 valence electrons. The second-order valence-corrected chi connectivity index (χ2v) is 17.9. The van der Waals surface area contributed by atoms with Crippen molar-refractivity contribution in [2.75, 3.05) is 0 Å². The Kier molecular flexibility index (Phi) is 8.42. The molecule has 0 aliphatic heterocycles. The molecular weight excluding hydrogens is 485 g/mol. The maximum atomic E-state index is 5.07. The summed E-state index contributed by atoms with van der Waals surface area (Å²) in [6.45, 7) is 25.6. The van der Waals surface area contributed by atoms with E-state index in [-0.39, 0.29) is 6.71 Å². The zero-order chi connectivity index (χ0) is 28.6. The normalized spacial score (nSPS) is 12.5. The Labute approximate surface area is 239 Å². The number of nitrogens with zero attached hydrogens (tertiary/aromatic N) is 1. The molecule has 3 heteroatoms. The molecule has 1 unspecified atom stereocenters. The lowest BCUT2D eigenvalue weighted by atomic mass is 9.34. The summed E-state index contributed by atoms with van der Waals surface area (Å²) < 4.78 is 0. The van der Waals surface area contributed by atoms with Gasteiger partial charge in [-0.2, -0.15) is 0 Å².